The lowest BCUT2D eigenvalue weighted by Gasteiger charge is -2.08. The van der Waals surface area contributed by atoms with Gasteiger partial charge in [0.25, 0.3) is 11.9 Å². The summed E-state index contributed by atoms with van der Waals surface area (Å²) >= 11 is 0. The molecule has 0 bridgehead atoms. The van der Waals surface area contributed by atoms with E-state index in [-0.39, 0.29) is 11.7 Å². The number of carbonyl (C=O) groups excluding carboxylic acids is 1. The third kappa shape index (κ3) is 3.91. The highest BCUT2D eigenvalue weighted by Crippen LogP contribution is 2.28. The number of carbonyl (C=O) groups is 1. The topological polar surface area (TPSA) is 63.8 Å². The van der Waals surface area contributed by atoms with Gasteiger partial charge in [-0.1, -0.05) is 6.92 Å². The van der Waals surface area contributed by atoms with Gasteiger partial charge in [0.15, 0.2) is 5.76 Å². The minimum absolute atomic E-state index is 0.259. The molecule has 5 nitrogen and oxygen atoms in total. The Hall–Kier alpha value is -1.78. The van der Waals surface area contributed by atoms with Crippen molar-refractivity contribution in [1.29, 1.82) is 0 Å². The maximum absolute atomic E-state index is 11.8. The molecule has 2 rings (SSSR count). The lowest BCUT2D eigenvalue weighted by molar-refractivity contribution is 0.0938. The summed E-state index contributed by atoms with van der Waals surface area (Å²) in [5.74, 6) is 0.589. The largest absolute Gasteiger partial charge is 0.465 e. The molecule has 0 saturated heterocycles. The molecule has 0 spiro atoms. The molecular formula is C13H18N2O3. The lowest BCUT2D eigenvalue weighted by atomic mass is 10.4. The molecule has 0 radical (unpaired) electrons. The van der Waals surface area contributed by atoms with E-state index in [4.69, 9.17) is 9.15 Å². The van der Waals surface area contributed by atoms with Gasteiger partial charge < -0.3 is 9.15 Å². The molecule has 0 aromatic carbocycles. The number of furan rings is 1. The van der Waals surface area contributed by atoms with Crippen LogP contribution in [-0.4, -0.2) is 25.1 Å². The zero-order valence-electron chi connectivity index (χ0n) is 10.5. The molecule has 18 heavy (non-hydrogen) atoms. The van der Waals surface area contributed by atoms with Gasteiger partial charge in [-0.2, -0.15) is 0 Å². The van der Waals surface area contributed by atoms with Crippen LogP contribution in [0.15, 0.2) is 27.8 Å². The highest BCUT2D eigenvalue weighted by Gasteiger charge is 2.21. The van der Waals surface area contributed by atoms with Gasteiger partial charge in [0.2, 0.25) is 0 Å². The van der Waals surface area contributed by atoms with Crippen LogP contribution in [0.5, 0.6) is 0 Å². The number of hydrogen-bond acceptors (Lipinski definition) is 4. The second-order valence-corrected chi connectivity index (χ2v) is 4.37. The van der Waals surface area contributed by atoms with Crippen LogP contribution in [0.2, 0.25) is 0 Å². The monoisotopic (exact) mass is 250 g/mol. The fourth-order valence-corrected chi connectivity index (χ4v) is 1.40. The standard InChI is InChI=1S/C13H18N2O3/c1-2-7-18-13(14-9-10-5-6-10)15-12(16)11-4-3-8-17-11/h3-4,8,10H,2,5-7,9H2,1H3,(H,14,15,16). The predicted molar refractivity (Wildman–Crippen MR) is 67.4 cm³/mol. The van der Waals surface area contributed by atoms with Gasteiger partial charge in [-0.25, -0.2) is 4.99 Å². The molecule has 1 amide bonds. The van der Waals surface area contributed by atoms with E-state index in [1.807, 2.05) is 6.92 Å². The first-order valence-electron chi connectivity index (χ1n) is 6.31. The van der Waals surface area contributed by atoms with Gasteiger partial charge in [-0.05, 0) is 37.3 Å². The third-order valence-electron chi connectivity index (χ3n) is 2.60. The van der Waals surface area contributed by atoms with Crippen LogP contribution in [0.25, 0.3) is 0 Å². The minimum Gasteiger partial charge on any atom is -0.465 e. The Labute approximate surface area is 106 Å². The van der Waals surface area contributed by atoms with Crippen molar-refractivity contribution in [3.8, 4) is 0 Å². The SMILES string of the molecule is CCCOC(=NCC1CC1)NC(=O)c1ccco1. The quantitative estimate of drug-likeness (QED) is 0.643. The van der Waals surface area contributed by atoms with Crippen molar-refractivity contribution in [3.05, 3.63) is 24.2 Å². The number of nitrogens with zero attached hydrogens (tertiary/aromatic N) is 1. The summed E-state index contributed by atoms with van der Waals surface area (Å²) in [6.45, 7) is 3.27. The summed E-state index contributed by atoms with van der Waals surface area (Å²) in [5, 5.41) is 2.63. The van der Waals surface area contributed by atoms with Crippen LogP contribution < -0.4 is 5.32 Å². The van der Waals surface area contributed by atoms with Crippen LogP contribution in [-0.2, 0) is 4.74 Å². The van der Waals surface area contributed by atoms with Crippen molar-refractivity contribution in [2.75, 3.05) is 13.2 Å². The van der Waals surface area contributed by atoms with Crippen LogP contribution in [0.3, 0.4) is 0 Å². The molecular weight excluding hydrogens is 232 g/mol. The Bertz CT molecular complexity index is 408. The van der Waals surface area contributed by atoms with Crippen molar-refractivity contribution < 1.29 is 13.9 Å². The fraction of sp³-hybridized carbons (Fsp3) is 0.538. The predicted octanol–water partition coefficient (Wildman–Crippen LogP) is 2.20. The van der Waals surface area contributed by atoms with Crippen molar-refractivity contribution in [3.63, 3.8) is 0 Å². The van der Waals surface area contributed by atoms with E-state index in [0.717, 1.165) is 13.0 Å². The first-order chi connectivity index (χ1) is 8.79. The molecule has 1 heterocycles. The third-order valence-corrected chi connectivity index (χ3v) is 2.60. The Morgan fingerprint density at radius 2 is 2.44 bits per heavy atom. The van der Waals surface area contributed by atoms with Gasteiger partial charge in [-0.15, -0.1) is 0 Å². The molecule has 1 aliphatic carbocycles. The van der Waals surface area contributed by atoms with E-state index in [1.54, 1.807) is 12.1 Å². The maximum atomic E-state index is 11.8. The average molecular weight is 250 g/mol. The van der Waals surface area contributed by atoms with Crippen molar-refractivity contribution in [2.24, 2.45) is 10.9 Å². The highest BCUT2D eigenvalue weighted by molar-refractivity contribution is 6.02. The lowest BCUT2D eigenvalue weighted by Crippen LogP contribution is -2.32. The number of aliphatic imine (C=N–C) groups is 1. The molecule has 1 aliphatic rings. The zero-order valence-corrected chi connectivity index (χ0v) is 10.5. The Balaban J connectivity index is 1.90. The number of rotatable bonds is 5. The van der Waals surface area contributed by atoms with Gasteiger partial charge in [-0.3, -0.25) is 10.1 Å². The van der Waals surface area contributed by atoms with E-state index >= 15 is 0 Å². The van der Waals surface area contributed by atoms with Gasteiger partial charge >= 0.3 is 0 Å². The Morgan fingerprint density at radius 3 is 3.06 bits per heavy atom. The first kappa shape index (κ1) is 12.7. The minimum atomic E-state index is -0.328. The van der Waals surface area contributed by atoms with Crippen LogP contribution in [0.4, 0.5) is 0 Å². The van der Waals surface area contributed by atoms with E-state index in [9.17, 15) is 4.79 Å². The number of hydrogen-bond donors (Lipinski definition) is 1. The molecule has 0 aliphatic heterocycles. The summed E-state index contributed by atoms with van der Waals surface area (Å²) in [5.41, 5.74) is 0. The van der Waals surface area contributed by atoms with Crippen LogP contribution in [0.1, 0.15) is 36.7 Å². The van der Waals surface area contributed by atoms with E-state index in [1.165, 1.54) is 19.1 Å². The van der Waals surface area contributed by atoms with Crippen molar-refractivity contribution >= 4 is 11.9 Å². The summed E-state index contributed by atoms with van der Waals surface area (Å²) in [6.07, 6.45) is 4.77. The smallest absolute Gasteiger partial charge is 0.294 e. The van der Waals surface area contributed by atoms with Gasteiger partial charge in [0.1, 0.15) is 0 Å². The summed E-state index contributed by atoms with van der Waals surface area (Å²) in [6, 6.07) is 3.57. The van der Waals surface area contributed by atoms with E-state index in [0.29, 0.717) is 18.5 Å². The normalized spacial score (nSPS) is 15.5. The molecule has 98 valence electrons. The van der Waals surface area contributed by atoms with Crippen molar-refractivity contribution in [1.82, 2.24) is 5.32 Å². The molecule has 1 N–H and O–H groups in total. The van der Waals surface area contributed by atoms with Gasteiger partial charge in [0.05, 0.1) is 12.9 Å². The number of amidine groups is 1. The summed E-state index contributed by atoms with van der Waals surface area (Å²) < 4.78 is 10.4. The number of nitrogens with one attached hydrogen (secondary N) is 1. The van der Waals surface area contributed by atoms with Crippen LogP contribution >= 0.6 is 0 Å². The van der Waals surface area contributed by atoms with E-state index < -0.39 is 0 Å². The molecule has 5 heteroatoms. The van der Waals surface area contributed by atoms with Gasteiger partial charge in [0, 0.05) is 6.54 Å². The summed E-state index contributed by atoms with van der Waals surface area (Å²) in [7, 11) is 0. The molecule has 1 saturated carbocycles. The Morgan fingerprint density at radius 1 is 1.61 bits per heavy atom. The van der Waals surface area contributed by atoms with E-state index in [2.05, 4.69) is 10.3 Å². The first-order valence-corrected chi connectivity index (χ1v) is 6.31. The molecule has 0 unspecified atom stereocenters. The average Bonchev–Trinajstić information content (AvgIpc) is 3.03. The Kier molecular flexibility index (Phi) is 4.39. The summed E-state index contributed by atoms with van der Waals surface area (Å²) in [4.78, 5) is 16.1. The van der Waals surface area contributed by atoms with Crippen molar-refractivity contribution in [2.45, 2.75) is 26.2 Å². The number of amides is 1. The fourth-order valence-electron chi connectivity index (χ4n) is 1.40. The zero-order chi connectivity index (χ0) is 12.8. The molecule has 1 aromatic heterocycles. The highest BCUT2D eigenvalue weighted by atomic mass is 16.5. The second-order valence-electron chi connectivity index (χ2n) is 4.37. The number of ether oxygens (including phenoxy) is 1. The molecule has 0 atom stereocenters. The van der Waals surface area contributed by atoms with Crippen LogP contribution in [0, 0.1) is 5.92 Å². The maximum Gasteiger partial charge on any atom is 0.294 e. The second kappa shape index (κ2) is 6.23. The molecule has 1 aromatic rings. The molecule has 1 fully saturated rings.